The minimum Gasteiger partial charge on any atom is -0.496 e. The number of aromatic nitrogens is 4. The lowest BCUT2D eigenvalue weighted by molar-refractivity contribution is -0.122. The van der Waals surface area contributed by atoms with Crippen molar-refractivity contribution in [3.8, 4) is 33.8 Å². The number of fused-ring (bicyclic) bond motifs is 6. The van der Waals surface area contributed by atoms with Crippen molar-refractivity contribution in [3.05, 3.63) is 132 Å². The first-order valence-electron chi connectivity index (χ1n) is 25.1. The molecule has 14 rings (SSSR count). The molecule has 0 amide bonds. The molecule has 9 heteroatoms. The zero-order chi connectivity index (χ0) is 46.2. The lowest BCUT2D eigenvalue weighted by Gasteiger charge is -2.54. The first-order valence-corrected chi connectivity index (χ1v) is 25.1. The molecule has 0 atom stereocenters. The second kappa shape index (κ2) is 18.3. The molecule has 4 aromatic carbocycles. The maximum Gasteiger partial charge on any atom is 0.126 e. The number of benzene rings is 4. The molecule has 0 radical (unpaired) electrons. The van der Waals surface area contributed by atoms with Gasteiger partial charge in [0.2, 0.25) is 0 Å². The first kappa shape index (κ1) is 45.0. The van der Waals surface area contributed by atoms with Gasteiger partial charge in [0.15, 0.2) is 0 Å². The van der Waals surface area contributed by atoms with E-state index in [0.717, 1.165) is 73.4 Å². The normalized spacial score (nSPS) is 25.9. The number of aldehydes is 1. The number of nitrogens with zero attached hydrogens (tertiary/aromatic N) is 4. The van der Waals surface area contributed by atoms with Gasteiger partial charge in [0.25, 0.3) is 0 Å². The van der Waals surface area contributed by atoms with Crippen molar-refractivity contribution in [2.24, 2.45) is 10.8 Å². The fourth-order valence-corrected chi connectivity index (χ4v) is 12.1. The summed E-state index contributed by atoms with van der Waals surface area (Å²) in [4.78, 5) is 11.3. The van der Waals surface area contributed by atoms with Gasteiger partial charge in [-0.25, -0.2) is 0 Å². The number of hydrogen-bond acceptors (Lipinski definition) is 7. The zero-order valence-electron chi connectivity index (χ0n) is 40.2. The highest BCUT2D eigenvalue weighted by Crippen LogP contribution is 2.59. The first-order chi connectivity index (χ1) is 32.5. The summed E-state index contributed by atoms with van der Waals surface area (Å²) < 4.78 is 15.0. The fourth-order valence-electron chi connectivity index (χ4n) is 12.1. The maximum atomic E-state index is 11.3. The van der Waals surface area contributed by atoms with Crippen molar-refractivity contribution in [2.45, 2.75) is 139 Å². The molecule has 2 heterocycles. The maximum absolute atomic E-state index is 11.3. The fraction of sp³-hybridized carbons (Fsp3) is 0.466. The van der Waals surface area contributed by atoms with E-state index in [2.05, 4.69) is 118 Å². The minimum atomic E-state index is 0.0171. The highest BCUT2D eigenvalue weighted by molar-refractivity contribution is 5.67. The average Bonchev–Trinajstić information content (AvgIpc) is 4.32. The number of nitrogens with one attached hydrogen (secondary N) is 1. The van der Waals surface area contributed by atoms with Crippen molar-refractivity contribution in [1.82, 2.24) is 19.6 Å². The van der Waals surface area contributed by atoms with Crippen LogP contribution in [-0.2, 0) is 15.6 Å². The van der Waals surface area contributed by atoms with Gasteiger partial charge in [-0.1, -0.05) is 48.5 Å². The Morgan fingerprint density at radius 1 is 0.612 bits per heavy atom. The summed E-state index contributed by atoms with van der Waals surface area (Å²) in [5.41, 5.74) is 19.1. The van der Waals surface area contributed by atoms with Gasteiger partial charge in [0, 0.05) is 46.9 Å². The van der Waals surface area contributed by atoms with Crippen LogP contribution in [0.5, 0.6) is 11.5 Å². The molecule has 6 aromatic rings. The number of methoxy groups -OCH3 is 2. The molecule has 8 fully saturated rings. The van der Waals surface area contributed by atoms with Crippen LogP contribution in [0.15, 0.2) is 110 Å². The summed E-state index contributed by atoms with van der Waals surface area (Å²) in [6.07, 6.45) is 29.1. The number of ether oxygens (including phenoxy) is 2. The smallest absolute Gasteiger partial charge is 0.126 e. The largest absolute Gasteiger partial charge is 0.496 e. The molecule has 0 aliphatic heterocycles. The highest BCUT2D eigenvalue weighted by Gasteiger charge is 2.50. The Bertz CT molecular complexity index is 2660. The number of hydrogen-bond donors (Lipinski definition) is 2. The third kappa shape index (κ3) is 9.40. The standard InChI is InChI=1S/C29H35N3O.C17H22O2.C12H13N3/c1-21-16-24(6-9-27(21)33-2)29-13-10-28(11-14-29,12-15-29)20-30-25-5-3-4-22(17-25)23-18-31-32(19-23)26-7-8-26;1-13-11-14(3-4-15(13)19-2)17-8-5-16(12-18,6-9-17)7-10-17;13-11-3-1-2-9(6-11)10-7-14-15(8-10)12-4-5-12/h3-6,9,16-19,26,30H,7-8,10-15,20H2,1-2H3;3-4,11-12H,5-10H2,1-2H3;1-3,6-8,12H,4-5,13H2. The van der Waals surface area contributed by atoms with Crippen LogP contribution in [0.3, 0.4) is 0 Å². The van der Waals surface area contributed by atoms with Crippen LogP contribution in [0.2, 0.25) is 0 Å². The molecule has 8 saturated carbocycles. The van der Waals surface area contributed by atoms with Crippen molar-refractivity contribution in [2.75, 3.05) is 31.8 Å². The second-order valence-electron chi connectivity index (χ2n) is 21.3. The topological polar surface area (TPSA) is 109 Å². The second-order valence-corrected chi connectivity index (χ2v) is 21.3. The Hall–Kier alpha value is -5.83. The zero-order valence-corrected chi connectivity index (χ0v) is 40.2. The van der Waals surface area contributed by atoms with Crippen LogP contribution in [0.1, 0.15) is 137 Å². The van der Waals surface area contributed by atoms with E-state index in [1.54, 1.807) is 14.2 Å². The number of rotatable bonds is 12. The van der Waals surface area contributed by atoms with Gasteiger partial charge in [-0.2, -0.15) is 10.2 Å². The summed E-state index contributed by atoms with van der Waals surface area (Å²) in [7, 11) is 3.49. The Kier molecular flexibility index (Phi) is 12.3. The van der Waals surface area contributed by atoms with Gasteiger partial charge in [-0.05, 0) is 203 Å². The molecule has 3 N–H and O–H groups in total. The van der Waals surface area contributed by atoms with Crippen molar-refractivity contribution >= 4 is 17.7 Å². The Morgan fingerprint density at radius 3 is 1.54 bits per heavy atom. The average molecular weight is 899 g/mol. The number of nitrogens with two attached hydrogens (primary N) is 1. The molecular formula is C58H70N6O3. The third-order valence-corrected chi connectivity index (χ3v) is 17.1. The molecule has 0 unspecified atom stereocenters. The van der Waals surface area contributed by atoms with E-state index in [4.69, 9.17) is 15.2 Å². The van der Waals surface area contributed by atoms with Crippen LogP contribution >= 0.6 is 0 Å². The molecule has 8 aliphatic carbocycles. The van der Waals surface area contributed by atoms with E-state index in [9.17, 15) is 4.79 Å². The van der Waals surface area contributed by atoms with Crippen LogP contribution < -0.4 is 20.5 Å². The molecule has 4 bridgehead atoms. The Balaban J connectivity index is 0.000000130. The molecular weight excluding hydrogens is 829 g/mol. The summed E-state index contributed by atoms with van der Waals surface area (Å²) in [6.45, 7) is 5.36. The molecule has 0 spiro atoms. The molecule has 67 heavy (non-hydrogen) atoms. The summed E-state index contributed by atoms with van der Waals surface area (Å²) >= 11 is 0. The molecule has 8 aliphatic rings. The highest BCUT2D eigenvalue weighted by atomic mass is 16.5. The van der Waals surface area contributed by atoms with E-state index in [1.165, 1.54) is 110 Å². The third-order valence-electron chi connectivity index (χ3n) is 17.1. The van der Waals surface area contributed by atoms with Gasteiger partial charge >= 0.3 is 0 Å². The molecule has 0 saturated heterocycles. The minimum absolute atomic E-state index is 0.0171. The molecule has 9 nitrogen and oxygen atoms in total. The SMILES string of the molecule is COc1ccc(C23CCC(C=O)(CC2)CC3)cc1C.COc1ccc(C23CCC(CNc4cccc(-c5cnn(C6CC6)c5)c4)(CC2)CC3)cc1C.Nc1cccc(-c2cnn(C3CC3)c2)c1. The number of nitrogen functional groups attached to an aromatic ring is 1. The van der Waals surface area contributed by atoms with Gasteiger partial charge < -0.3 is 25.3 Å². The molecule has 2 aromatic heterocycles. The van der Waals surface area contributed by atoms with E-state index >= 15 is 0 Å². The number of aryl methyl sites for hydroxylation is 2. The van der Waals surface area contributed by atoms with Gasteiger partial charge in [-0.3, -0.25) is 9.36 Å². The van der Waals surface area contributed by atoms with E-state index in [0.29, 0.717) is 28.3 Å². The van der Waals surface area contributed by atoms with Gasteiger partial charge in [0.05, 0.1) is 38.7 Å². The van der Waals surface area contributed by atoms with E-state index in [-0.39, 0.29) is 5.41 Å². The van der Waals surface area contributed by atoms with Crippen LogP contribution in [0.4, 0.5) is 11.4 Å². The molecule has 350 valence electrons. The van der Waals surface area contributed by atoms with Crippen molar-refractivity contribution in [1.29, 1.82) is 0 Å². The predicted molar refractivity (Wildman–Crippen MR) is 270 cm³/mol. The predicted octanol–water partition coefficient (Wildman–Crippen LogP) is 13.2. The van der Waals surface area contributed by atoms with Gasteiger partial charge in [0.1, 0.15) is 17.8 Å². The number of carbonyl (C=O) groups is 1. The number of anilines is 2. The van der Waals surface area contributed by atoms with E-state index in [1.807, 2.05) is 30.6 Å². The van der Waals surface area contributed by atoms with Gasteiger partial charge in [-0.15, -0.1) is 0 Å². The number of carbonyl (C=O) groups excluding carboxylic acids is 1. The van der Waals surface area contributed by atoms with Crippen molar-refractivity contribution in [3.63, 3.8) is 0 Å². The lowest BCUT2D eigenvalue weighted by atomic mass is 9.52. The summed E-state index contributed by atoms with van der Waals surface area (Å²) in [5.74, 6) is 1.97. The Morgan fingerprint density at radius 2 is 1.09 bits per heavy atom. The van der Waals surface area contributed by atoms with Crippen LogP contribution in [0, 0.1) is 24.7 Å². The van der Waals surface area contributed by atoms with Crippen LogP contribution in [0.25, 0.3) is 22.3 Å². The van der Waals surface area contributed by atoms with Crippen LogP contribution in [-0.4, -0.2) is 46.6 Å². The van der Waals surface area contributed by atoms with Crippen molar-refractivity contribution < 1.29 is 14.3 Å². The quantitative estimate of drug-likeness (QED) is 0.0930. The van der Waals surface area contributed by atoms with E-state index < -0.39 is 0 Å². The summed E-state index contributed by atoms with van der Waals surface area (Å²) in [5, 5.41) is 12.7. The summed E-state index contributed by atoms with van der Waals surface area (Å²) in [6, 6.07) is 31.5. The Labute approximate surface area is 397 Å². The monoisotopic (exact) mass is 899 g/mol. The lowest BCUT2D eigenvalue weighted by Crippen LogP contribution is -2.47.